The summed E-state index contributed by atoms with van der Waals surface area (Å²) in [6.07, 6.45) is 1.08. The molecule has 1 aromatic carbocycles. The fraction of sp³-hybridized carbons (Fsp3) is 0. The molecular weight excluding hydrogens is 180 g/mol. The van der Waals surface area contributed by atoms with Crippen molar-refractivity contribution in [1.29, 1.82) is 5.41 Å². The van der Waals surface area contributed by atoms with Gasteiger partial charge in [-0.2, -0.15) is 0 Å². The van der Waals surface area contributed by atoms with Gasteiger partial charge in [-0.1, -0.05) is 18.2 Å². The van der Waals surface area contributed by atoms with Gasteiger partial charge in [0.05, 0.1) is 5.56 Å². The number of nitrogens with two attached hydrogens (primary N) is 1. The van der Waals surface area contributed by atoms with Crippen LogP contribution in [-0.4, -0.2) is 12.1 Å². The summed E-state index contributed by atoms with van der Waals surface area (Å²) in [7, 11) is 0. The van der Waals surface area contributed by atoms with Crippen molar-refractivity contribution in [3.63, 3.8) is 0 Å². The quantitative estimate of drug-likeness (QED) is 0.701. The van der Waals surface area contributed by atoms with Crippen molar-refractivity contribution in [2.75, 3.05) is 0 Å². The van der Waals surface area contributed by atoms with E-state index in [9.17, 15) is 4.79 Å². The Hall–Kier alpha value is -2.10. The first-order chi connectivity index (χ1) is 6.74. The van der Waals surface area contributed by atoms with Crippen LogP contribution in [0.2, 0.25) is 0 Å². The largest absolute Gasteiger partial charge is 0.450 e. The van der Waals surface area contributed by atoms with E-state index >= 15 is 0 Å². The van der Waals surface area contributed by atoms with Crippen molar-refractivity contribution in [3.8, 4) is 0 Å². The molecule has 0 saturated carbocycles. The van der Waals surface area contributed by atoms with Crippen LogP contribution in [-0.2, 0) is 0 Å². The van der Waals surface area contributed by atoms with Gasteiger partial charge >= 0.3 is 0 Å². The van der Waals surface area contributed by atoms with Crippen molar-refractivity contribution in [1.82, 2.24) is 0 Å². The van der Waals surface area contributed by atoms with Gasteiger partial charge in [0.15, 0.2) is 0 Å². The van der Waals surface area contributed by atoms with Crippen LogP contribution in [0.15, 0.2) is 28.7 Å². The number of nitrogens with one attached hydrogen (secondary N) is 1. The molecule has 4 nitrogen and oxygen atoms in total. The van der Waals surface area contributed by atoms with E-state index in [0.29, 0.717) is 11.1 Å². The number of amides is 1. The summed E-state index contributed by atoms with van der Waals surface area (Å²) in [6, 6.07) is 7.13. The molecule has 2 aromatic rings. The number of benzene rings is 1. The zero-order chi connectivity index (χ0) is 10.1. The summed E-state index contributed by atoms with van der Waals surface area (Å²) in [6.45, 7) is 0. The molecule has 2 rings (SSSR count). The molecule has 0 bridgehead atoms. The third-order valence-corrected chi connectivity index (χ3v) is 2.00. The molecule has 1 amide bonds. The van der Waals surface area contributed by atoms with Gasteiger partial charge in [-0.25, -0.2) is 0 Å². The summed E-state index contributed by atoms with van der Waals surface area (Å²) in [4.78, 5) is 11.0. The van der Waals surface area contributed by atoms with Gasteiger partial charge in [0, 0.05) is 11.6 Å². The molecule has 1 aromatic heterocycles. The first-order valence-corrected chi connectivity index (χ1v) is 4.06. The Kier molecular flexibility index (Phi) is 1.81. The Morgan fingerprint density at radius 3 is 2.79 bits per heavy atom. The van der Waals surface area contributed by atoms with Crippen molar-refractivity contribution in [2.24, 2.45) is 5.73 Å². The second kappa shape index (κ2) is 2.99. The summed E-state index contributed by atoms with van der Waals surface area (Å²) in [5.74, 6) is -0.610. The monoisotopic (exact) mass is 188 g/mol. The highest BCUT2D eigenvalue weighted by atomic mass is 16.3. The van der Waals surface area contributed by atoms with E-state index in [1.54, 1.807) is 18.2 Å². The van der Waals surface area contributed by atoms with Gasteiger partial charge in [-0.05, 0) is 6.07 Å². The van der Waals surface area contributed by atoms with E-state index in [1.807, 2.05) is 6.07 Å². The fourth-order valence-electron chi connectivity index (χ4n) is 1.39. The van der Waals surface area contributed by atoms with E-state index in [-0.39, 0.29) is 5.76 Å². The van der Waals surface area contributed by atoms with Gasteiger partial charge in [-0.3, -0.25) is 4.79 Å². The maximum absolute atomic E-state index is 11.0. The molecule has 70 valence electrons. The Bertz CT molecular complexity index is 514. The van der Waals surface area contributed by atoms with Crippen LogP contribution < -0.4 is 5.73 Å². The fourth-order valence-corrected chi connectivity index (χ4v) is 1.39. The summed E-state index contributed by atoms with van der Waals surface area (Å²) < 4.78 is 5.23. The Balaban J connectivity index is 2.85. The zero-order valence-corrected chi connectivity index (χ0v) is 7.28. The molecule has 0 radical (unpaired) electrons. The lowest BCUT2D eigenvalue weighted by atomic mass is 10.1. The van der Waals surface area contributed by atoms with Crippen molar-refractivity contribution < 1.29 is 9.21 Å². The van der Waals surface area contributed by atoms with Crippen LogP contribution in [0.25, 0.3) is 11.0 Å². The predicted octanol–water partition coefficient (Wildman–Crippen LogP) is 1.53. The van der Waals surface area contributed by atoms with Gasteiger partial charge in [0.2, 0.25) is 5.76 Å². The second-order valence-electron chi connectivity index (χ2n) is 2.85. The minimum Gasteiger partial charge on any atom is -0.450 e. The molecule has 0 fully saturated rings. The van der Waals surface area contributed by atoms with Crippen LogP contribution >= 0.6 is 0 Å². The summed E-state index contributed by atoms with van der Waals surface area (Å²) in [5.41, 5.74) is 6.13. The number of rotatable bonds is 2. The number of primary amides is 1. The maximum Gasteiger partial charge on any atom is 0.285 e. The van der Waals surface area contributed by atoms with Crippen LogP contribution in [0, 0.1) is 5.41 Å². The Morgan fingerprint density at radius 2 is 2.14 bits per heavy atom. The number of hydrogen-bond donors (Lipinski definition) is 2. The number of carbonyl (C=O) groups excluding carboxylic acids is 1. The van der Waals surface area contributed by atoms with Crippen LogP contribution in [0.5, 0.6) is 0 Å². The van der Waals surface area contributed by atoms with E-state index in [1.165, 1.54) is 0 Å². The average Bonchev–Trinajstić information content (AvgIpc) is 2.56. The topological polar surface area (TPSA) is 80.1 Å². The highest BCUT2D eigenvalue weighted by Crippen LogP contribution is 2.23. The van der Waals surface area contributed by atoms with Gasteiger partial charge in [0.25, 0.3) is 5.91 Å². The number of furan rings is 1. The summed E-state index contributed by atoms with van der Waals surface area (Å²) in [5, 5.41) is 7.92. The van der Waals surface area contributed by atoms with Crippen molar-refractivity contribution in [2.45, 2.75) is 0 Å². The number of para-hydroxylation sites is 1. The van der Waals surface area contributed by atoms with Gasteiger partial charge < -0.3 is 15.6 Å². The van der Waals surface area contributed by atoms with E-state index in [0.717, 1.165) is 11.6 Å². The Labute approximate surface area is 79.8 Å². The first-order valence-electron chi connectivity index (χ1n) is 4.06. The molecule has 0 spiro atoms. The number of hydrogen-bond acceptors (Lipinski definition) is 3. The lowest BCUT2D eigenvalue weighted by molar-refractivity contribution is 0.0976. The molecule has 1 heterocycles. The molecule has 14 heavy (non-hydrogen) atoms. The molecule has 0 saturated heterocycles. The normalized spacial score (nSPS) is 10.3. The molecule has 0 aliphatic heterocycles. The van der Waals surface area contributed by atoms with Crippen LogP contribution in [0.3, 0.4) is 0 Å². The minimum atomic E-state index is -0.653. The van der Waals surface area contributed by atoms with E-state index < -0.39 is 5.91 Å². The first kappa shape index (κ1) is 8.50. The molecule has 0 aliphatic carbocycles. The lowest BCUT2D eigenvalue weighted by Crippen LogP contribution is -2.11. The maximum atomic E-state index is 11.0. The van der Waals surface area contributed by atoms with Crippen LogP contribution in [0.1, 0.15) is 16.1 Å². The zero-order valence-electron chi connectivity index (χ0n) is 7.28. The molecule has 3 N–H and O–H groups in total. The molecule has 0 atom stereocenters. The smallest absolute Gasteiger partial charge is 0.285 e. The molecular formula is C10H8N2O2. The summed E-state index contributed by atoms with van der Waals surface area (Å²) >= 11 is 0. The standard InChI is InChI=1S/C10H8N2O2/c11-5-7-6-3-1-2-4-8(6)14-9(7)10(12)13/h1-5,11H,(H2,12,13). The third-order valence-electron chi connectivity index (χ3n) is 2.00. The molecule has 0 aliphatic rings. The average molecular weight is 188 g/mol. The second-order valence-corrected chi connectivity index (χ2v) is 2.85. The lowest BCUT2D eigenvalue weighted by Gasteiger charge is -1.89. The minimum absolute atomic E-state index is 0.0428. The van der Waals surface area contributed by atoms with Crippen molar-refractivity contribution >= 4 is 23.1 Å². The van der Waals surface area contributed by atoms with Crippen LogP contribution in [0.4, 0.5) is 0 Å². The van der Waals surface area contributed by atoms with E-state index in [2.05, 4.69) is 0 Å². The van der Waals surface area contributed by atoms with Gasteiger partial charge in [-0.15, -0.1) is 0 Å². The molecule has 4 heteroatoms. The molecule has 0 unspecified atom stereocenters. The SMILES string of the molecule is N=Cc1c(C(N)=O)oc2ccccc12. The van der Waals surface area contributed by atoms with E-state index in [4.69, 9.17) is 15.6 Å². The predicted molar refractivity (Wildman–Crippen MR) is 52.6 cm³/mol. The highest BCUT2D eigenvalue weighted by molar-refractivity contribution is 6.08. The third kappa shape index (κ3) is 1.08. The van der Waals surface area contributed by atoms with Crippen molar-refractivity contribution in [3.05, 3.63) is 35.6 Å². The van der Waals surface area contributed by atoms with Gasteiger partial charge in [0.1, 0.15) is 5.58 Å². The number of carbonyl (C=O) groups is 1. The highest BCUT2D eigenvalue weighted by Gasteiger charge is 2.15. The Morgan fingerprint density at radius 1 is 1.43 bits per heavy atom. The number of fused-ring (bicyclic) bond motifs is 1.